The molecule has 0 saturated heterocycles. The Morgan fingerprint density at radius 1 is 1.00 bits per heavy atom. The lowest BCUT2D eigenvalue weighted by Gasteiger charge is -2.19. The number of anilines is 1. The highest BCUT2D eigenvalue weighted by Crippen LogP contribution is 2.35. The number of fused-ring (bicyclic) bond motifs is 1. The van der Waals surface area contributed by atoms with Gasteiger partial charge in [-0.2, -0.15) is 5.10 Å². The quantitative estimate of drug-likeness (QED) is 0.472. The topological polar surface area (TPSA) is 82.5 Å². The molecular formula is C22H19N3O4S2. The number of hydrogen-bond acceptors (Lipinski definition) is 6. The number of rotatable bonds is 6. The minimum absolute atomic E-state index is 0.126. The summed E-state index contributed by atoms with van der Waals surface area (Å²) in [6.45, 7) is 1.37. The molecule has 1 aliphatic heterocycles. The molecule has 0 unspecified atom stereocenters. The molecule has 0 bridgehead atoms. The van der Waals surface area contributed by atoms with E-state index in [4.69, 9.17) is 9.47 Å². The van der Waals surface area contributed by atoms with Gasteiger partial charge in [-0.1, -0.05) is 36.4 Å². The summed E-state index contributed by atoms with van der Waals surface area (Å²) < 4.78 is 42.0. The summed E-state index contributed by atoms with van der Waals surface area (Å²) in [5, 5.41) is 6.49. The van der Waals surface area contributed by atoms with Crippen LogP contribution >= 0.6 is 11.3 Å². The number of ether oxygens (including phenoxy) is 2. The van der Waals surface area contributed by atoms with Crippen LogP contribution in [-0.4, -0.2) is 31.4 Å². The van der Waals surface area contributed by atoms with Gasteiger partial charge in [0.1, 0.15) is 23.8 Å². The average Bonchev–Trinajstić information content (AvgIpc) is 3.44. The number of aromatic nitrogens is 2. The predicted octanol–water partition coefficient (Wildman–Crippen LogP) is 4.23. The Balaban J connectivity index is 1.50. The van der Waals surface area contributed by atoms with Crippen molar-refractivity contribution in [3.05, 3.63) is 77.8 Å². The molecule has 0 atom stereocenters. The minimum Gasteiger partial charge on any atom is -0.486 e. The Labute approximate surface area is 183 Å². The van der Waals surface area contributed by atoms with Gasteiger partial charge in [0.05, 0.1) is 17.1 Å². The van der Waals surface area contributed by atoms with Crippen LogP contribution in [0.25, 0.3) is 10.6 Å². The van der Waals surface area contributed by atoms with Crippen LogP contribution in [0.4, 0.5) is 5.69 Å². The molecule has 0 saturated carbocycles. The lowest BCUT2D eigenvalue weighted by atomic mass is 10.2. The van der Waals surface area contributed by atoms with Crippen LogP contribution in [0.1, 0.15) is 5.56 Å². The van der Waals surface area contributed by atoms with E-state index in [-0.39, 0.29) is 4.90 Å². The number of nitrogens with zero attached hydrogens (tertiary/aromatic N) is 2. The number of benzene rings is 2. The fourth-order valence-corrected chi connectivity index (χ4v) is 5.35. The summed E-state index contributed by atoms with van der Waals surface area (Å²) in [6, 6.07) is 18.5. The summed E-state index contributed by atoms with van der Waals surface area (Å²) in [4.78, 5) is 0.912. The molecule has 158 valence electrons. The monoisotopic (exact) mass is 453 g/mol. The lowest BCUT2D eigenvalue weighted by molar-refractivity contribution is 0.171. The van der Waals surface area contributed by atoms with Crippen LogP contribution in [0, 0.1) is 0 Å². The molecule has 0 radical (unpaired) electrons. The molecule has 5 rings (SSSR count). The molecule has 2 aromatic carbocycles. The van der Waals surface area contributed by atoms with E-state index < -0.39 is 10.0 Å². The first kappa shape index (κ1) is 19.7. The number of sulfonamides is 1. The SMILES string of the molecule is O=S(=O)(Nc1ccc2c(c1)OCCO2)c1cn(Cc2ccccc2)nc1-c1cccs1. The third kappa shape index (κ3) is 4.14. The van der Waals surface area contributed by atoms with Crippen LogP contribution in [0.5, 0.6) is 11.5 Å². The van der Waals surface area contributed by atoms with Gasteiger partial charge < -0.3 is 9.47 Å². The molecular weight excluding hydrogens is 434 g/mol. The fourth-order valence-electron chi connectivity index (χ4n) is 3.35. The van der Waals surface area contributed by atoms with Crippen molar-refractivity contribution in [1.29, 1.82) is 0 Å². The molecule has 9 heteroatoms. The third-order valence-corrected chi connectivity index (χ3v) is 7.01. The van der Waals surface area contributed by atoms with Crippen LogP contribution < -0.4 is 14.2 Å². The van der Waals surface area contributed by atoms with Crippen molar-refractivity contribution in [2.24, 2.45) is 0 Å². The Morgan fingerprint density at radius 2 is 1.81 bits per heavy atom. The van der Waals surface area contributed by atoms with Crippen molar-refractivity contribution in [1.82, 2.24) is 9.78 Å². The van der Waals surface area contributed by atoms with E-state index in [1.807, 2.05) is 47.8 Å². The van der Waals surface area contributed by atoms with Crippen molar-refractivity contribution in [3.63, 3.8) is 0 Å². The zero-order valence-electron chi connectivity index (χ0n) is 16.4. The second-order valence-electron chi connectivity index (χ2n) is 6.97. The van der Waals surface area contributed by atoms with Crippen molar-refractivity contribution >= 4 is 27.0 Å². The molecule has 2 aromatic heterocycles. The van der Waals surface area contributed by atoms with E-state index in [9.17, 15) is 8.42 Å². The third-order valence-electron chi connectivity index (χ3n) is 4.75. The predicted molar refractivity (Wildman–Crippen MR) is 119 cm³/mol. The van der Waals surface area contributed by atoms with Gasteiger partial charge in [-0.25, -0.2) is 8.42 Å². The highest BCUT2D eigenvalue weighted by atomic mass is 32.2. The van der Waals surface area contributed by atoms with E-state index in [0.717, 1.165) is 10.4 Å². The van der Waals surface area contributed by atoms with Crippen molar-refractivity contribution < 1.29 is 17.9 Å². The normalized spacial score (nSPS) is 13.2. The summed E-state index contributed by atoms with van der Waals surface area (Å²) in [5.74, 6) is 1.12. The van der Waals surface area contributed by atoms with Crippen LogP contribution in [0.2, 0.25) is 0 Å². The van der Waals surface area contributed by atoms with Crippen LogP contribution in [-0.2, 0) is 16.6 Å². The Bertz CT molecular complexity index is 1300. The Morgan fingerprint density at radius 3 is 2.58 bits per heavy atom. The second-order valence-corrected chi connectivity index (χ2v) is 9.56. The van der Waals surface area contributed by atoms with Gasteiger partial charge in [0.15, 0.2) is 11.5 Å². The first-order valence-corrected chi connectivity index (χ1v) is 12.0. The van der Waals surface area contributed by atoms with Gasteiger partial charge in [0.2, 0.25) is 0 Å². The smallest absolute Gasteiger partial charge is 0.265 e. The van der Waals surface area contributed by atoms with E-state index in [0.29, 0.717) is 42.6 Å². The van der Waals surface area contributed by atoms with Gasteiger partial charge in [0.25, 0.3) is 10.0 Å². The molecule has 0 amide bonds. The minimum atomic E-state index is -3.89. The molecule has 0 spiro atoms. The molecule has 0 aliphatic carbocycles. The number of hydrogen-bond donors (Lipinski definition) is 1. The molecule has 4 aromatic rings. The average molecular weight is 454 g/mol. The van der Waals surface area contributed by atoms with Crippen molar-refractivity contribution in [2.45, 2.75) is 11.4 Å². The van der Waals surface area contributed by atoms with Crippen molar-refractivity contribution in [3.8, 4) is 22.1 Å². The van der Waals surface area contributed by atoms with Gasteiger partial charge in [-0.15, -0.1) is 11.3 Å². The Hall–Kier alpha value is -3.30. The maximum absolute atomic E-state index is 13.3. The first-order chi connectivity index (χ1) is 15.1. The van der Waals surface area contributed by atoms with Gasteiger partial charge in [-0.3, -0.25) is 9.40 Å². The maximum Gasteiger partial charge on any atom is 0.265 e. The van der Waals surface area contributed by atoms with Gasteiger partial charge >= 0.3 is 0 Å². The molecule has 1 aliphatic rings. The zero-order valence-corrected chi connectivity index (χ0v) is 18.0. The molecule has 0 fully saturated rings. The summed E-state index contributed by atoms with van der Waals surface area (Å²) >= 11 is 1.45. The molecule has 1 N–H and O–H groups in total. The summed E-state index contributed by atoms with van der Waals surface area (Å²) in [6.07, 6.45) is 1.57. The fraction of sp³-hybridized carbons (Fsp3) is 0.136. The Kier molecular flexibility index (Phi) is 5.13. The summed E-state index contributed by atoms with van der Waals surface area (Å²) in [7, 11) is -3.89. The van der Waals surface area contributed by atoms with Crippen molar-refractivity contribution in [2.75, 3.05) is 17.9 Å². The van der Waals surface area contributed by atoms with E-state index >= 15 is 0 Å². The summed E-state index contributed by atoms with van der Waals surface area (Å²) in [5.41, 5.74) is 1.86. The molecule has 7 nitrogen and oxygen atoms in total. The standard InChI is InChI=1S/C22H19N3O4S2/c26-31(27,24-17-8-9-18-19(13-17)29-11-10-28-18)21-15-25(14-16-5-2-1-3-6-16)23-22(21)20-7-4-12-30-20/h1-9,12-13,15,24H,10-11,14H2. The van der Waals surface area contributed by atoms with E-state index in [1.165, 1.54) is 11.3 Å². The zero-order chi connectivity index (χ0) is 21.3. The van der Waals surface area contributed by atoms with E-state index in [1.54, 1.807) is 29.1 Å². The van der Waals surface area contributed by atoms with Gasteiger partial charge in [-0.05, 0) is 29.1 Å². The van der Waals surface area contributed by atoms with Crippen LogP contribution in [0.3, 0.4) is 0 Å². The second kappa shape index (κ2) is 8.09. The maximum atomic E-state index is 13.3. The number of nitrogens with one attached hydrogen (secondary N) is 1. The lowest BCUT2D eigenvalue weighted by Crippen LogP contribution is -2.16. The highest BCUT2D eigenvalue weighted by molar-refractivity contribution is 7.92. The highest BCUT2D eigenvalue weighted by Gasteiger charge is 2.25. The molecule has 31 heavy (non-hydrogen) atoms. The number of thiophene rings is 1. The first-order valence-electron chi connectivity index (χ1n) is 9.66. The largest absolute Gasteiger partial charge is 0.486 e. The van der Waals surface area contributed by atoms with E-state index in [2.05, 4.69) is 9.82 Å². The van der Waals surface area contributed by atoms with Gasteiger partial charge in [0, 0.05) is 12.3 Å². The molecule has 3 heterocycles. The van der Waals surface area contributed by atoms with Crippen LogP contribution in [0.15, 0.2) is 77.1 Å².